The molecule has 0 unspecified atom stereocenters. The molecule has 1 aromatic carbocycles. The second-order valence-corrected chi connectivity index (χ2v) is 4.71. The van der Waals surface area contributed by atoms with E-state index >= 15 is 0 Å². The average molecular weight is 289 g/mol. The fourth-order valence-electron chi connectivity index (χ4n) is 1.95. The number of benzene rings is 1. The Morgan fingerprint density at radius 1 is 1.48 bits per heavy atom. The quantitative estimate of drug-likeness (QED) is 0.833. The van der Waals surface area contributed by atoms with Gasteiger partial charge in [0.25, 0.3) is 5.91 Å². The Hall–Kier alpha value is -2.34. The van der Waals surface area contributed by atoms with Crippen LogP contribution in [0, 0.1) is 6.92 Å². The number of aliphatic hydroxyl groups is 1. The Bertz CT molecular complexity index is 622. The number of nitrogens with one attached hydrogen (secondary N) is 1. The fourth-order valence-corrected chi connectivity index (χ4v) is 1.95. The lowest BCUT2D eigenvalue weighted by molar-refractivity contribution is 0.0944. The van der Waals surface area contributed by atoms with Crippen molar-refractivity contribution in [3.8, 4) is 5.75 Å². The van der Waals surface area contributed by atoms with Crippen molar-refractivity contribution in [2.24, 2.45) is 7.05 Å². The molecule has 1 heterocycles. The van der Waals surface area contributed by atoms with Gasteiger partial charge in [-0.05, 0) is 25.1 Å². The van der Waals surface area contributed by atoms with E-state index < -0.39 is 0 Å². The molecular weight excluding hydrogens is 270 g/mol. The molecule has 6 heteroatoms. The molecular formula is C15H19N3O3. The summed E-state index contributed by atoms with van der Waals surface area (Å²) < 4.78 is 7.44. The minimum atomic E-state index is -0.230. The Kier molecular flexibility index (Phi) is 4.94. The highest BCUT2D eigenvalue weighted by atomic mass is 16.5. The van der Waals surface area contributed by atoms with Gasteiger partial charge in [-0.15, -0.1) is 0 Å². The predicted octanol–water partition coefficient (Wildman–Crippen LogP) is 1.03. The van der Waals surface area contributed by atoms with Crippen molar-refractivity contribution in [2.45, 2.75) is 13.5 Å². The first-order valence-electron chi connectivity index (χ1n) is 6.71. The number of nitrogens with zero attached hydrogens (tertiary/aromatic N) is 2. The van der Waals surface area contributed by atoms with E-state index in [9.17, 15) is 4.79 Å². The van der Waals surface area contributed by atoms with E-state index in [1.807, 2.05) is 20.2 Å². The Balaban J connectivity index is 2.01. The molecule has 2 aromatic rings. The second kappa shape index (κ2) is 6.90. The molecule has 2 N–H and O–H groups in total. The number of aromatic nitrogens is 2. The Labute approximate surface area is 123 Å². The Morgan fingerprint density at radius 2 is 2.29 bits per heavy atom. The predicted molar refractivity (Wildman–Crippen MR) is 78.1 cm³/mol. The summed E-state index contributed by atoms with van der Waals surface area (Å²) in [4.78, 5) is 11.8. The zero-order valence-electron chi connectivity index (χ0n) is 12.2. The van der Waals surface area contributed by atoms with E-state index in [0.29, 0.717) is 17.9 Å². The summed E-state index contributed by atoms with van der Waals surface area (Å²) in [5, 5.41) is 15.6. The number of aliphatic hydroxyl groups excluding tert-OH is 1. The largest absolute Gasteiger partial charge is 0.489 e. The van der Waals surface area contributed by atoms with Crippen LogP contribution in [0.3, 0.4) is 0 Å². The molecule has 0 atom stereocenters. The van der Waals surface area contributed by atoms with Crippen molar-refractivity contribution in [3.63, 3.8) is 0 Å². The van der Waals surface area contributed by atoms with E-state index in [1.54, 1.807) is 28.9 Å². The van der Waals surface area contributed by atoms with Gasteiger partial charge in [0.05, 0.1) is 12.3 Å². The van der Waals surface area contributed by atoms with E-state index in [1.165, 1.54) is 0 Å². The van der Waals surface area contributed by atoms with Gasteiger partial charge in [-0.3, -0.25) is 9.48 Å². The zero-order chi connectivity index (χ0) is 15.2. The summed E-state index contributed by atoms with van der Waals surface area (Å²) in [6.07, 6.45) is 1.91. The molecule has 0 radical (unpaired) electrons. The van der Waals surface area contributed by atoms with Gasteiger partial charge in [0.1, 0.15) is 12.4 Å². The van der Waals surface area contributed by atoms with E-state index in [0.717, 1.165) is 11.3 Å². The average Bonchev–Trinajstić information content (AvgIpc) is 2.81. The topological polar surface area (TPSA) is 76.4 Å². The summed E-state index contributed by atoms with van der Waals surface area (Å²) in [6.45, 7) is 2.49. The lowest BCUT2D eigenvalue weighted by Gasteiger charge is -2.08. The van der Waals surface area contributed by atoms with Gasteiger partial charge in [0.2, 0.25) is 0 Å². The molecule has 0 saturated carbocycles. The molecule has 0 bridgehead atoms. The van der Waals surface area contributed by atoms with Crippen molar-refractivity contribution in [3.05, 3.63) is 47.3 Å². The molecule has 2 rings (SSSR count). The number of hydrogen-bond donors (Lipinski definition) is 2. The molecule has 0 aliphatic carbocycles. The molecule has 112 valence electrons. The monoisotopic (exact) mass is 289 g/mol. The Morgan fingerprint density at radius 3 is 2.95 bits per heavy atom. The smallest absolute Gasteiger partial charge is 0.251 e. The minimum absolute atomic E-state index is 0.0811. The third-order valence-corrected chi connectivity index (χ3v) is 3.00. The standard InChI is InChI=1S/C15H19N3O3/c1-11-13(9-18(2)17-11)10-21-14-5-3-4-12(8-14)15(20)16-6-7-19/h3-5,8-9,19H,6-7,10H2,1-2H3,(H,16,20). The number of aryl methyl sites for hydroxylation is 2. The zero-order valence-corrected chi connectivity index (χ0v) is 12.2. The van der Waals surface area contributed by atoms with Crippen LogP contribution in [0.25, 0.3) is 0 Å². The maximum absolute atomic E-state index is 11.8. The van der Waals surface area contributed by atoms with E-state index in [4.69, 9.17) is 9.84 Å². The summed E-state index contributed by atoms with van der Waals surface area (Å²) in [5.74, 6) is 0.391. The third kappa shape index (κ3) is 4.06. The SMILES string of the molecule is Cc1nn(C)cc1COc1cccc(C(=O)NCCO)c1. The molecule has 0 fully saturated rings. The summed E-state index contributed by atoms with van der Waals surface area (Å²) >= 11 is 0. The van der Waals surface area contributed by atoms with Gasteiger partial charge >= 0.3 is 0 Å². The third-order valence-electron chi connectivity index (χ3n) is 3.00. The maximum Gasteiger partial charge on any atom is 0.251 e. The van der Waals surface area contributed by atoms with Crippen LogP contribution >= 0.6 is 0 Å². The first kappa shape index (κ1) is 15.1. The van der Waals surface area contributed by atoms with Crippen LogP contribution in [-0.2, 0) is 13.7 Å². The van der Waals surface area contributed by atoms with Crippen LogP contribution < -0.4 is 10.1 Å². The van der Waals surface area contributed by atoms with Crippen molar-refractivity contribution in [1.82, 2.24) is 15.1 Å². The fraction of sp³-hybridized carbons (Fsp3) is 0.333. The first-order valence-corrected chi connectivity index (χ1v) is 6.71. The van der Waals surface area contributed by atoms with E-state index in [2.05, 4.69) is 10.4 Å². The van der Waals surface area contributed by atoms with Crippen LogP contribution in [0.5, 0.6) is 5.75 Å². The van der Waals surface area contributed by atoms with Gasteiger partial charge in [-0.2, -0.15) is 5.10 Å². The van der Waals surface area contributed by atoms with Crippen LogP contribution in [-0.4, -0.2) is 33.9 Å². The highest BCUT2D eigenvalue weighted by molar-refractivity contribution is 5.94. The number of amides is 1. The van der Waals surface area contributed by atoms with Crippen molar-refractivity contribution < 1.29 is 14.6 Å². The van der Waals surface area contributed by atoms with Gasteiger partial charge < -0.3 is 15.2 Å². The molecule has 0 aliphatic rings. The molecule has 21 heavy (non-hydrogen) atoms. The van der Waals surface area contributed by atoms with E-state index in [-0.39, 0.29) is 19.1 Å². The number of carbonyl (C=O) groups excluding carboxylic acids is 1. The lowest BCUT2D eigenvalue weighted by atomic mass is 10.2. The first-order chi connectivity index (χ1) is 10.1. The normalized spacial score (nSPS) is 10.4. The number of carbonyl (C=O) groups is 1. The summed E-state index contributed by atoms with van der Waals surface area (Å²) in [5.41, 5.74) is 2.44. The van der Waals surface area contributed by atoms with Gasteiger partial charge in [0, 0.05) is 30.9 Å². The number of hydrogen-bond acceptors (Lipinski definition) is 4. The summed E-state index contributed by atoms with van der Waals surface area (Å²) in [7, 11) is 1.86. The van der Waals surface area contributed by atoms with Crippen LogP contribution in [0.1, 0.15) is 21.6 Å². The van der Waals surface area contributed by atoms with Gasteiger partial charge in [0.15, 0.2) is 0 Å². The minimum Gasteiger partial charge on any atom is -0.489 e. The molecule has 0 spiro atoms. The second-order valence-electron chi connectivity index (χ2n) is 4.71. The molecule has 0 saturated heterocycles. The van der Waals surface area contributed by atoms with Crippen LogP contribution in [0.2, 0.25) is 0 Å². The highest BCUT2D eigenvalue weighted by Crippen LogP contribution is 2.16. The van der Waals surface area contributed by atoms with Crippen molar-refractivity contribution in [1.29, 1.82) is 0 Å². The molecule has 0 aliphatic heterocycles. The van der Waals surface area contributed by atoms with Crippen molar-refractivity contribution in [2.75, 3.05) is 13.2 Å². The maximum atomic E-state index is 11.8. The highest BCUT2D eigenvalue weighted by Gasteiger charge is 2.07. The molecule has 6 nitrogen and oxygen atoms in total. The van der Waals surface area contributed by atoms with Crippen LogP contribution in [0.15, 0.2) is 30.5 Å². The number of ether oxygens (including phenoxy) is 1. The van der Waals surface area contributed by atoms with Crippen molar-refractivity contribution >= 4 is 5.91 Å². The molecule has 1 amide bonds. The molecule has 1 aromatic heterocycles. The van der Waals surface area contributed by atoms with Gasteiger partial charge in [-0.25, -0.2) is 0 Å². The summed E-state index contributed by atoms with van der Waals surface area (Å²) in [6, 6.07) is 6.95. The number of rotatable bonds is 6. The van der Waals surface area contributed by atoms with Crippen LogP contribution in [0.4, 0.5) is 0 Å². The van der Waals surface area contributed by atoms with Gasteiger partial charge in [-0.1, -0.05) is 6.07 Å². The lowest BCUT2D eigenvalue weighted by Crippen LogP contribution is -2.26.